The highest BCUT2D eigenvalue weighted by molar-refractivity contribution is 5.94. The van der Waals surface area contributed by atoms with E-state index in [1.54, 1.807) is 0 Å². The summed E-state index contributed by atoms with van der Waals surface area (Å²) in [6.45, 7) is 9.55. The fourth-order valence-corrected chi connectivity index (χ4v) is 4.35. The van der Waals surface area contributed by atoms with Gasteiger partial charge in [0.15, 0.2) is 0 Å². The lowest BCUT2D eigenvalue weighted by atomic mass is 9.92. The highest BCUT2D eigenvalue weighted by Gasteiger charge is 2.28. The molecule has 0 bridgehead atoms. The van der Waals surface area contributed by atoms with Crippen LogP contribution in [0.1, 0.15) is 30.6 Å². The summed E-state index contributed by atoms with van der Waals surface area (Å²) >= 11 is 0. The molecule has 0 aliphatic carbocycles. The molecular formula is C22H34N4O2. The van der Waals surface area contributed by atoms with E-state index in [0.29, 0.717) is 31.5 Å². The lowest BCUT2D eigenvalue weighted by Gasteiger charge is -2.38. The van der Waals surface area contributed by atoms with Crippen LogP contribution in [-0.2, 0) is 4.79 Å². The smallest absolute Gasteiger partial charge is 0.253 e. The molecule has 0 radical (unpaired) electrons. The first-order valence-corrected chi connectivity index (χ1v) is 10.4. The van der Waals surface area contributed by atoms with Crippen LogP contribution >= 0.6 is 0 Å². The normalized spacial score (nSPS) is 23.6. The van der Waals surface area contributed by atoms with Crippen molar-refractivity contribution in [2.24, 2.45) is 11.8 Å². The van der Waals surface area contributed by atoms with E-state index in [9.17, 15) is 9.59 Å². The van der Waals surface area contributed by atoms with Gasteiger partial charge < -0.3 is 14.7 Å². The number of piperazine rings is 1. The van der Waals surface area contributed by atoms with Crippen LogP contribution in [0.3, 0.4) is 0 Å². The number of nitrogens with zero attached hydrogens (tertiary/aromatic N) is 4. The summed E-state index contributed by atoms with van der Waals surface area (Å²) in [4.78, 5) is 33.6. The first-order valence-electron chi connectivity index (χ1n) is 10.4. The molecule has 2 fully saturated rings. The van der Waals surface area contributed by atoms with Crippen molar-refractivity contribution in [3.63, 3.8) is 0 Å². The summed E-state index contributed by atoms with van der Waals surface area (Å²) in [5, 5.41) is 0. The maximum Gasteiger partial charge on any atom is 0.253 e. The van der Waals surface area contributed by atoms with Gasteiger partial charge >= 0.3 is 0 Å². The first kappa shape index (κ1) is 20.6. The summed E-state index contributed by atoms with van der Waals surface area (Å²) < 4.78 is 0. The SMILES string of the molecule is CC1CC(C)CN(C(=O)CN2CCN(C(=O)c3ccc(N(C)C)cc3)CC2)C1. The number of rotatable bonds is 4. The number of carbonyl (C=O) groups excluding carboxylic acids is 2. The number of benzene rings is 1. The van der Waals surface area contributed by atoms with E-state index in [1.807, 2.05) is 53.1 Å². The largest absolute Gasteiger partial charge is 0.378 e. The molecule has 0 N–H and O–H groups in total. The molecule has 1 aromatic carbocycles. The fourth-order valence-electron chi connectivity index (χ4n) is 4.35. The lowest BCUT2D eigenvalue weighted by molar-refractivity contribution is -0.135. The van der Waals surface area contributed by atoms with Crippen LogP contribution in [0.4, 0.5) is 5.69 Å². The van der Waals surface area contributed by atoms with Gasteiger partial charge in [0.25, 0.3) is 5.91 Å². The topological polar surface area (TPSA) is 47.1 Å². The van der Waals surface area contributed by atoms with Crippen molar-refractivity contribution < 1.29 is 9.59 Å². The van der Waals surface area contributed by atoms with Crippen molar-refractivity contribution in [2.75, 3.05) is 64.8 Å². The van der Waals surface area contributed by atoms with E-state index in [-0.39, 0.29) is 11.8 Å². The summed E-state index contributed by atoms with van der Waals surface area (Å²) in [6.07, 6.45) is 1.21. The molecular weight excluding hydrogens is 352 g/mol. The Morgan fingerprint density at radius 1 is 0.929 bits per heavy atom. The number of anilines is 1. The molecule has 2 aliphatic rings. The van der Waals surface area contributed by atoms with Gasteiger partial charge in [-0.25, -0.2) is 0 Å². The Morgan fingerprint density at radius 2 is 1.50 bits per heavy atom. The van der Waals surface area contributed by atoms with E-state index in [1.165, 1.54) is 6.42 Å². The number of hydrogen-bond acceptors (Lipinski definition) is 4. The molecule has 154 valence electrons. The molecule has 3 rings (SSSR count). The van der Waals surface area contributed by atoms with Crippen LogP contribution in [0.5, 0.6) is 0 Å². The minimum absolute atomic E-state index is 0.0787. The van der Waals surface area contributed by atoms with Gasteiger partial charge in [-0.3, -0.25) is 14.5 Å². The van der Waals surface area contributed by atoms with Gasteiger partial charge in [0.2, 0.25) is 5.91 Å². The summed E-state index contributed by atoms with van der Waals surface area (Å²) in [5.74, 6) is 1.48. The maximum atomic E-state index is 12.7. The Kier molecular flexibility index (Phi) is 6.60. The Labute approximate surface area is 169 Å². The summed E-state index contributed by atoms with van der Waals surface area (Å²) in [7, 11) is 3.98. The second-order valence-electron chi connectivity index (χ2n) is 8.75. The van der Waals surface area contributed by atoms with Gasteiger partial charge in [-0.1, -0.05) is 13.8 Å². The van der Waals surface area contributed by atoms with Crippen molar-refractivity contribution in [1.29, 1.82) is 0 Å². The molecule has 2 heterocycles. The van der Waals surface area contributed by atoms with Gasteiger partial charge in [-0.15, -0.1) is 0 Å². The number of amides is 2. The number of hydrogen-bond donors (Lipinski definition) is 0. The highest BCUT2D eigenvalue weighted by Crippen LogP contribution is 2.21. The van der Waals surface area contributed by atoms with Crippen molar-refractivity contribution in [3.05, 3.63) is 29.8 Å². The second-order valence-corrected chi connectivity index (χ2v) is 8.75. The third-order valence-corrected chi connectivity index (χ3v) is 5.87. The van der Waals surface area contributed by atoms with E-state index in [0.717, 1.165) is 37.4 Å². The minimum atomic E-state index is 0.0787. The van der Waals surface area contributed by atoms with Crippen molar-refractivity contribution >= 4 is 17.5 Å². The van der Waals surface area contributed by atoms with Gasteiger partial charge in [0.1, 0.15) is 0 Å². The van der Waals surface area contributed by atoms with Crippen molar-refractivity contribution in [1.82, 2.24) is 14.7 Å². The maximum absolute atomic E-state index is 12.7. The summed E-state index contributed by atoms with van der Waals surface area (Å²) in [6, 6.07) is 7.74. The van der Waals surface area contributed by atoms with Gasteiger partial charge in [-0.05, 0) is 42.5 Å². The first-order chi connectivity index (χ1) is 13.3. The zero-order valence-electron chi connectivity index (χ0n) is 17.7. The lowest BCUT2D eigenvalue weighted by Crippen LogP contribution is -2.53. The standard InChI is InChI=1S/C22H34N4O2/c1-17-13-18(2)15-26(14-17)21(27)16-24-9-11-25(12-10-24)22(28)19-5-7-20(8-6-19)23(3)4/h5-8,17-18H,9-16H2,1-4H3. The zero-order chi connectivity index (χ0) is 20.3. The number of carbonyl (C=O) groups is 2. The van der Waals surface area contributed by atoms with Gasteiger partial charge in [0.05, 0.1) is 6.54 Å². The quantitative estimate of drug-likeness (QED) is 0.794. The molecule has 6 nitrogen and oxygen atoms in total. The Morgan fingerprint density at radius 3 is 2.04 bits per heavy atom. The highest BCUT2D eigenvalue weighted by atomic mass is 16.2. The predicted molar refractivity (Wildman–Crippen MR) is 113 cm³/mol. The van der Waals surface area contributed by atoms with E-state index in [2.05, 4.69) is 18.7 Å². The van der Waals surface area contributed by atoms with Crippen LogP contribution in [0.15, 0.2) is 24.3 Å². The molecule has 28 heavy (non-hydrogen) atoms. The number of piperidine rings is 1. The van der Waals surface area contributed by atoms with E-state index >= 15 is 0 Å². The molecule has 0 aromatic heterocycles. The third kappa shape index (κ3) is 5.04. The molecule has 2 saturated heterocycles. The van der Waals surface area contributed by atoms with E-state index in [4.69, 9.17) is 0 Å². The van der Waals surface area contributed by atoms with Crippen LogP contribution in [0.25, 0.3) is 0 Å². The van der Waals surface area contributed by atoms with Crippen molar-refractivity contribution in [3.8, 4) is 0 Å². The van der Waals surface area contributed by atoms with Crippen LogP contribution in [0.2, 0.25) is 0 Å². The molecule has 2 atom stereocenters. The third-order valence-electron chi connectivity index (χ3n) is 5.87. The monoisotopic (exact) mass is 386 g/mol. The molecule has 0 saturated carbocycles. The second kappa shape index (κ2) is 8.95. The zero-order valence-corrected chi connectivity index (χ0v) is 17.7. The van der Waals surface area contributed by atoms with Crippen molar-refractivity contribution in [2.45, 2.75) is 20.3 Å². The van der Waals surface area contributed by atoms with Gasteiger partial charge in [-0.2, -0.15) is 0 Å². The molecule has 2 aliphatic heterocycles. The Bertz CT molecular complexity index is 670. The predicted octanol–water partition coefficient (Wildman–Crippen LogP) is 2.01. The van der Waals surface area contributed by atoms with Crippen LogP contribution in [0, 0.1) is 11.8 Å². The summed E-state index contributed by atoms with van der Waals surface area (Å²) in [5.41, 5.74) is 1.81. The number of likely N-dealkylation sites (tertiary alicyclic amines) is 1. The molecule has 2 unspecified atom stereocenters. The van der Waals surface area contributed by atoms with E-state index < -0.39 is 0 Å². The average Bonchev–Trinajstić information content (AvgIpc) is 2.67. The average molecular weight is 387 g/mol. The van der Waals surface area contributed by atoms with Crippen LogP contribution in [-0.4, -0.2) is 86.4 Å². The fraction of sp³-hybridized carbons (Fsp3) is 0.636. The molecule has 1 aromatic rings. The van der Waals surface area contributed by atoms with Crippen LogP contribution < -0.4 is 4.90 Å². The molecule has 2 amide bonds. The van der Waals surface area contributed by atoms with Gasteiger partial charge in [0, 0.05) is 64.6 Å². The molecule has 0 spiro atoms. The Balaban J connectivity index is 1.48. The molecule has 6 heteroatoms. The Hall–Kier alpha value is -2.08. The minimum Gasteiger partial charge on any atom is -0.378 e.